The Bertz CT molecular complexity index is 1270. The highest BCUT2D eigenvalue weighted by molar-refractivity contribution is 5.99. The van der Waals surface area contributed by atoms with Crippen molar-refractivity contribution in [2.24, 2.45) is 0 Å². The Hall–Kier alpha value is -3.91. The second kappa shape index (κ2) is 10.2. The second-order valence-corrected chi connectivity index (χ2v) is 8.34. The summed E-state index contributed by atoms with van der Waals surface area (Å²) in [6, 6.07) is 7.11. The van der Waals surface area contributed by atoms with Crippen LogP contribution in [0.4, 0.5) is 23.4 Å². The topological polar surface area (TPSA) is 113 Å². The van der Waals surface area contributed by atoms with Gasteiger partial charge in [-0.3, -0.25) is 19.2 Å². The van der Waals surface area contributed by atoms with Crippen molar-refractivity contribution >= 4 is 11.7 Å². The fraction of sp³-hybridized carbons (Fsp3) is 0.348. The summed E-state index contributed by atoms with van der Waals surface area (Å²) in [5.74, 6) is -1.75. The van der Waals surface area contributed by atoms with Crippen molar-refractivity contribution in [2.75, 3.05) is 18.5 Å². The summed E-state index contributed by atoms with van der Waals surface area (Å²) < 4.78 is 62.4. The fourth-order valence-corrected chi connectivity index (χ4v) is 3.71. The van der Waals surface area contributed by atoms with E-state index in [1.165, 1.54) is 40.8 Å². The number of benzene rings is 1. The molecule has 3 aromatic rings. The molecule has 2 N–H and O–H groups in total. The molecule has 0 radical (unpaired) electrons. The van der Waals surface area contributed by atoms with Gasteiger partial charge in [-0.05, 0) is 37.6 Å². The van der Waals surface area contributed by atoms with Crippen molar-refractivity contribution < 1.29 is 42.0 Å². The summed E-state index contributed by atoms with van der Waals surface area (Å²) in [7, 11) is 1.49. The number of pyridine rings is 1. The van der Waals surface area contributed by atoms with Crippen LogP contribution < -0.4 is 14.4 Å². The molecule has 0 fully saturated rings. The Morgan fingerprint density at radius 2 is 1.92 bits per heavy atom. The molecule has 0 aliphatic carbocycles. The molecule has 10 nitrogen and oxygen atoms in total. The average molecular weight is 525 g/mol. The average Bonchev–Trinajstić information content (AvgIpc) is 3.16. The fourth-order valence-electron chi connectivity index (χ4n) is 3.71. The maximum atomic E-state index is 13.4. The van der Waals surface area contributed by atoms with Crippen molar-refractivity contribution in [3.63, 3.8) is 0 Å². The van der Waals surface area contributed by atoms with Gasteiger partial charge < -0.3 is 24.6 Å². The Labute approximate surface area is 208 Å². The number of imidazole rings is 1. The minimum absolute atomic E-state index is 0.00205. The number of nitrogens with zero attached hydrogens (tertiary/aromatic N) is 5. The molecule has 0 saturated carbocycles. The molecule has 2 atom stereocenters. The molecule has 0 bridgehead atoms. The summed E-state index contributed by atoms with van der Waals surface area (Å²) in [5, 5.41) is 20.4. The quantitative estimate of drug-likeness (QED) is 0.432. The van der Waals surface area contributed by atoms with Gasteiger partial charge in [0.25, 0.3) is 5.91 Å². The molecule has 3 heterocycles. The SMILES string of the molecule is CC(O)CCN1C(=O)c2c(nc(Oc3cccc(OC(F)(F)F)c3)n2Cc2ccc(F)cn2)N(C)C1O. The number of ether oxygens (including phenoxy) is 2. The van der Waals surface area contributed by atoms with Gasteiger partial charge in [0, 0.05) is 19.7 Å². The van der Waals surface area contributed by atoms with Gasteiger partial charge in [0.15, 0.2) is 11.5 Å². The van der Waals surface area contributed by atoms with Gasteiger partial charge in [0.1, 0.15) is 17.3 Å². The molecular formula is C23H23F4N5O5. The molecule has 0 saturated heterocycles. The number of carbonyl (C=O) groups excluding carboxylic acids is 1. The Kier molecular flexibility index (Phi) is 7.23. The van der Waals surface area contributed by atoms with Gasteiger partial charge in [0.05, 0.1) is 24.5 Å². The number of anilines is 1. The zero-order chi connectivity index (χ0) is 26.9. The third-order valence-electron chi connectivity index (χ3n) is 5.48. The van der Waals surface area contributed by atoms with Gasteiger partial charge in [-0.1, -0.05) is 6.07 Å². The third-order valence-corrected chi connectivity index (χ3v) is 5.48. The normalized spacial score (nSPS) is 16.5. The molecule has 1 aliphatic heterocycles. The van der Waals surface area contributed by atoms with Crippen molar-refractivity contribution in [1.82, 2.24) is 19.4 Å². The summed E-state index contributed by atoms with van der Waals surface area (Å²) in [5.41, 5.74) is 0.333. The smallest absolute Gasteiger partial charge is 0.425 e. The minimum atomic E-state index is -4.91. The Morgan fingerprint density at radius 3 is 2.57 bits per heavy atom. The molecular weight excluding hydrogens is 502 g/mol. The Morgan fingerprint density at radius 1 is 1.19 bits per heavy atom. The largest absolute Gasteiger partial charge is 0.573 e. The van der Waals surface area contributed by atoms with Gasteiger partial charge in [-0.15, -0.1) is 13.2 Å². The van der Waals surface area contributed by atoms with Crippen LogP contribution in [-0.4, -0.2) is 68.0 Å². The number of aliphatic hydroxyl groups excluding tert-OH is 2. The van der Waals surface area contributed by atoms with Crippen LogP contribution in [0.5, 0.6) is 17.5 Å². The van der Waals surface area contributed by atoms with Crippen LogP contribution >= 0.6 is 0 Å². The number of aromatic nitrogens is 3. The first-order valence-corrected chi connectivity index (χ1v) is 11.1. The molecule has 1 aromatic carbocycles. The van der Waals surface area contributed by atoms with Crippen molar-refractivity contribution in [2.45, 2.75) is 38.7 Å². The van der Waals surface area contributed by atoms with E-state index in [2.05, 4.69) is 14.7 Å². The lowest BCUT2D eigenvalue weighted by molar-refractivity contribution is -0.274. The molecule has 4 rings (SSSR count). The summed E-state index contributed by atoms with van der Waals surface area (Å²) in [4.78, 5) is 24.2. The van der Waals surface area contributed by atoms with Crippen molar-refractivity contribution in [3.05, 3.63) is 59.8 Å². The van der Waals surface area contributed by atoms with Gasteiger partial charge in [0.2, 0.25) is 6.35 Å². The number of hydrogen-bond donors (Lipinski definition) is 2. The van der Waals surface area contributed by atoms with E-state index in [-0.39, 0.29) is 42.8 Å². The maximum absolute atomic E-state index is 13.4. The van der Waals surface area contributed by atoms with E-state index in [9.17, 15) is 32.6 Å². The first-order chi connectivity index (χ1) is 17.4. The van der Waals surface area contributed by atoms with E-state index in [4.69, 9.17) is 4.74 Å². The van der Waals surface area contributed by atoms with E-state index in [1.807, 2.05) is 0 Å². The number of fused-ring (bicyclic) bond motifs is 1. The van der Waals surface area contributed by atoms with Crippen LogP contribution in [0.15, 0.2) is 42.6 Å². The highest BCUT2D eigenvalue weighted by Crippen LogP contribution is 2.36. The minimum Gasteiger partial charge on any atom is -0.425 e. The van der Waals surface area contributed by atoms with Crippen LogP contribution in [-0.2, 0) is 6.54 Å². The number of carbonyl (C=O) groups is 1. The maximum Gasteiger partial charge on any atom is 0.573 e. The van der Waals surface area contributed by atoms with Crippen LogP contribution in [0.3, 0.4) is 0 Å². The number of hydrogen-bond acceptors (Lipinski definition) is 8. The van der Waals surface area contributed by atoms with Crippen LogP contribution in [0.25, 0.3) is 0 Å². The lowest BCUT2D eigenvalue weighted by atomic mass is 10.2. The summed E-state index contributed by atoms with van der Waals surface area (Å²) >= 11 is 0. The molecule has 2 unspecified atom stereocenters. The van der Waals surface area contributed by atoms with Gasteiger partial charge in [-0.25, -0.2) is 4.39 Å². The number of aliphatic hydroxyl groups is 2. The second-order valence-electron chi connectivity index (χ2n) is 8.34. The molecule has 37 heavy (non-hydrogen) atoms. The summed E-state index contributed by atoms with van der Waals surface area (Å²) in [6.07, 6.45) is -5.86. The van der Waals surface area contributed by atoms with Crippen LogP contribution in [0.1, 0.15) is 29.5 Å². The molecule has 1 amide bonds. The van der Waals surface area contributed by atoms with Crippen LogP contribution in [0, 0.1) is 5.82 Å². The molecule has 0 spiro atoms. The zero-order valence-corrected chi connectivity index (χ0v) is 19.7. The number of rotatable bonds is 8. The van der Waals surface area contributed by atoms with E-state index < -0.39 is 36.3 Å². The standard InChI is InChI=1S/C23H23F4N5O5/c1-13(33)8-9-31-20(34)18-19(30(2)22(31)35)29-21(32(18)12-15-7-6-14(24)11-28-15)36-16-4-3-5-17(10-16)37-23(25,26)27/h3-7,10-11,13,22,33,35H,8-9,12H2,1-2H3. The first kappa shape index (κ1) is 26.2. The monoisotopic (exact) mass is 525 g/mol. The predicted molar refractivity (Wildman–Crippen MR) is 120 cm³/mol. The van der Waals surface area contributed by atoms with Gasteiger partial charge in [-0.2, -0.15) is 4.98 Å². The van der Waals surface area contributed by atoms with Crippen molar-refractivity contribution in [1.29, 1.82) is 0 Å². The van der Waals surface area contributed by atoms with E-state index in [0.717, 1.165) is 23.2 Å². The van der Waals surface area contributed by atoms with Crippen LogP contribution in [0.2, 0.25) is 0 Å². The van der Waals surface area contributed by atoms with Gasteiger partial charge >= 0.3 is 12.4 Å². The number of halogens is 4. The molecule has 1 aliphatic rings. The van der Waals surface area contributed by atoms with E-state index in [0.29, 0.717) is 5.69 Å². The predicted octanol–water partition coefficient (Wildman–Crippen LogP) is 3.10. The molecule has 198 valence electrons. The van der Waals surface area contributed by atoms with Crippen molar-refractivity contribution in [3.8, 4) is 17.5 Å². The highest BCUT2D eigenvalue weighted by Gasteiger charge is 2.40. The zero-order valence-electron chi connectivity index (χ0n) is 19.7. The van der Waals surface area contributed by atoms with E-state index in [1.54, 1.807) is 6.92 Å². The lowest BCUT2D eigenvalue weighted by Crippen LogP contribution is -2.55. The lowest BCUT2D eigenvalue weighted by Gasteiger charge is -2.38. The first-order valence-electron chi connectivity index (χ1n) is 11.1. The summed E-state index contributed by atoms with van der Waals surface area (Å²) in [6.45, 7) is 1.45. The molecule has 14 heteroatoms. The number of alkyl halides is 3. The number of amides is 1. The third kappa shape index (κ3) is 5.91. The highest BCUT2D eigenvalue weighted by atomic mass is 19.4. The van der Waals surface area contributed by atoms with E-state index >= 15 is 0 Å². The molecule has 2 aromatic heterocycles. The Balaban J connectivity index is 1.76.